The minimum Gasteiger partial charge on any atom is -1.00 e. The number of carbonyl (C=O) groups is 6. The van der Waals surface area contributed by atoms with Crippen LogP contribution in [0.2, 0.25) is 15.7 Å². The molecule has 10 aromatic rings. The quantitative estimate of drug-likeness (QED) is 0.0115. The van der Waals surface area contributed by atoms with Crippen molar-refractivity contribution < 1.29 is 140 Å². The van der Waals surface area contributed by atoms with E-state index >= 15 is 0 Å². The van der Waals surface area contributed by atoms with Crippen molar-refractivity contribution >= 4 is 346 Å². The van der Waals surface area contributed by atoms with Crippen molar-refractivity contribution in [3.63, 3.8) is 0 Å². The van der Waals surface area contributed by atoms with Gasteiger partial charge in [0.05, 0.1) is 60.2 Å². The van der Waals surface area contributed by atoms with Gasteiger partial charge >= 0.3 is 99.4 Å². The summed E-state index contributed by atoms with van der Waals surface area (Å²) in [6.45, 7) is 27.5. The maximum atomic E-state index is 14.7. The Kier molecular flexibility index (Phi) is 47.1. The fraction of sp³-hybridized carbons (Fsp3) is 0.351. The summed E-state index contributed by atoms with van der Waals surface area (Å²) in [6.07, 6.45) is -1.92. The Bertz CT molecular complexity index is 5950. The second-order valence-corrected chi connectivity index (χ2v) is 42.0. The minimum absolute atomic E-state index is 0. The fourth-order valence-corrected chi connectivity index (χ4v) is 16.7. The van der Waals surface area contributed by atoms with Crippen molar-refractivity contribution in [1.82, 2.24) is 59.9 Å². The maximum Gasteiger partial charge on any atom is 1.00 e. The summed E-state index contributed by atoms with van der Waals surface area (Å²) in [7, 11) is 0. The Hall–Kier alpha value is -4.06. The molecule has 13 N–H and O–H groups in total. The smallest absolute Gasteiger partial charge is 1.00 e. The van der Waals surface area contributed by atoms with Gasteiger partial charge in [0.1, 0.15) is 50.1 Å². The van der Waals surface area contributed by atoms with Gasteiger partial charge in [-0.05, 0) is 357 Å². The van der Waals surface area contributed by atoms with Crippen LogP contribution in [0.5, 0.6) is 0 Å². The van der Waals surface area contributed by atoms with E-state index in [1.54, 1.807) is 26.8 Å². The van der Waals surface area contributed by atoms with E-state index in [2.05, 4.69) is 177 Å². The molecule has 0 spiro atoms. The molecule has 0 unspecified atom stereocenters. The van der Waals surface area contributed by atoms with Crippen LogP contribution in [0.1, 0.15) is 104 Å². The number of hydrogen-bond donors (Lipinski definition) is 9. The van der Waals surface area contributed by atoms with Gasteiger partial charge in [-0.3, -0.25) is 9.78 Å². The Labute approximate surface area is 918 Å². The number of nitrogens with one attached hydrogen (secondary N) is 3. The molecular weight excluding hydrogens is 2800 g/mol. The number of aromatic nitrogens is 8. The van der Waals surface area contributed by atoms with Gasteiger partial charge in [0, 0.05) is 111 Å². The van der Waals surface area contributed by atoms with E-state index in [-0.39, 0.29) is 170 Å². The largest absolute Gasteiger partial charge is 1.00 e. The Morgan fingerprint density at radius 1 is 0.481 bits per heavy atom. The van der Waals surface area contributed by atoms with Gasteiger partial charge in [0.15, 0.2) is 34.9 Å². The van der Waals surface area contributed by atoms with E-state index < -0.39 is 87.0 Å². The summed E-state index contributed by atoms with van der Waals surface area (Å²) >= 11 is 45.7. The number of nitrogens with two attached hydrogens (primary N) is 4. The first-order valence-corrected chi connectivity index (χ1v) is 48.2. The summed E-state index contributed by atoms with van der Waals surface area (Å²) in [5.41, 5.74) is 15.1. The van der Waals surface area contributed by atoms with Crippen LogP contribution in [-0.4, -0.2) is 195 Å². The van der Waals surface area contributed by atoms with E-state index in [9.17, 15) is 64.3 Å². The number of H-pyrrole nitrogens is 2. The number of hydrogen-bond acceptors (Lipinski definition) is 22. The Balaban J connectivity index is 0.000000325. The summed E-state index contributed by atoms with van der Waals surface area (Å²) in [5, 5.41) is 22.1. The number of piperazine rings is 3. The number of benzene rings is 6. The number of urea groups is 1. The zero-order valence-electron chi connectivity index (χ0n) is 70.6. The summed E-state index contributed by atoms with van der Waals surface area (Å²) in [6, 6.07) is 9.91. The third-order valence-electron chi connectivity index (χ3n) is 17.1. The minimum atomic E-state index is -1.24. The number of aromatic carboxylic acids is 2. The molecule has 0 bridgehead atoms. The average molecular weight is 2870 g/mol. The van der Waals surface area contributed by atoms with Crippen molar-refractivity contribution in [1.29, 1.82) is 0 Å². The molecule has 0 aliphatic carbocycles. The molecule has 31 nitrogen and oxygen atoms in total. The van der Waals surface area contributed by atoms with Crippen LogP contribution in [0.25, 0.3) is 43.6 Å². The first kappa shape index (κ1) is 119. The number of carboxylic acid groups (broad SMARTS) is 2. The number of carboxylic acids is 2. The van der Waals surface area contributed by atoms with Gasteiger partial charge in [0.2, 0.25) is 10.6 Å². The molecule has 3 saturated heterocycles. The maximum absolute atomic E-state index is 14.7. The zero-order chi connectivity index (χ0) is 97.7. The summed E-state index contributed by atoms with van der Waals surface area (Å²) < 4.78 is 118. The molecular formula is C77H77Br6Cl3F8I5KN18O13. The van der Waals surface area contributed by atoms with Crippen LogP contribution in [0, 0.1) is 58.8 Å². The van der Waals surface area contributed by atoms with Gasteiger partial charge in [-0.1, -0.05) is 11.6 Å². The van der Waals surface area contributed by atoms with E-state index in [0.717, 1.165) is 23.2 Å². The number of aromatic amines is 2. The van der Waals surface area contributed by atoms with Crippen LogP contribution in [0.3, 0.4) is 0 Å². The SMILES string of the molecule is C[C@H]1CN(C(=O)OC(C)(C)C)CCN1.C[C@H]1CN(C(=O)OC(C)(C)C)CCN1c1nc(Cl)nc2c(F)c(Br)c(I)cc12.C[C@H]1CN(C(=O)OC(C)(C)C)CCN1c1nc(F)nc2c(F)c(Br)c(I)cc12.Fc1c(Br)c(I)cc2c(Cl)nc(Cl)nc12.NC(N)=O.Nc1c(C(=O)O)cc(I)c(Br)c1F.Nc1c(C(=O)O)ccc(Br)c1F.O=c1[nH]c(=O)c2cc(I)c(Br)c(F)c2[nH]1.[F-].[K+]. The van der Waals surface area contributed by atoms with Crippen molar-refractivity contribution in [2.24, 2.45) is 11.5 Å². The van der Waals surface area contributed by atoms with Crippen LogP contribution in [0.4, 0.5) is 72.9 Å². The number of nitrogen functional groups attached to an aromatic ring is 2. The molecule has 3 aliphatic rings. The molecule has 4 aromatic heterocycles. The summed E-state index contributed by atoms with van der Waals surface area (Å²) in [4.78, 5) is 125. The Morgan fingerprint density at radius 3 is 1.25 bits per heavy atom. The number of nitrogens with zero attached hydrogens (tertiary/aromatic N) is 11. The molecule has 54 heteroatoms. The van der Waals surface area contributed by atoms with Gasteiger partial charge in [-0.25, -0.2) is 74.9 Å². The average Bonchev–Trinajstić information content (AvgIpc) is 0.755. The topological polar surface area (TPSA) is 446 Å². The van der Waals surface area contributed by atoms with Crippen LogP contribution in [0.15, 0.2) is 78.9 Å². The molecule has 0 saturated carbocycles. The monoisotopic (exact) mass is 2870 g/mol. The zero-order valence-corrected chi connectivity index (χ0v) is 96.3. The number of rotatable bonds is 4. The molecule has 0 radical (unpaired) electrons. The third-order valence-corrected chi connectivity index (χ3v) is 30.2. The number of carbonyl (C=O) groups excluding carboxylic acids is 4. The molecule has 708 valence electrons. The second-order valence-electron chi connectivity index (χ2n) is 30.4. The van der Waals surface area contributed by atoms with Crippen molar-refractivity contribution in [3.8, 4) is 0 Å². The number of anilines is 4. The van der Waals surface area contributed by atoms with Crippen molar-refractivity contribution in [3.05, 3.63) is 176 Å². The van der Waals surface area contributed by atoms with Crippen molar-refractivity contribution in [2.45, 2.75) is 118 Å². The normalized spacial score (nSPS) is 14.8. The molecule has 3 aliphatic heterocycles. The van der Waals surface area contributed by atoms with Gasteiger partial charge < -0.3 is 86.9 Å². The fourth-order valence-electron chi connectivity index (χ4n) is 11.5. The number of amides is 5. The first-order valence-electron chi connectivity index (χ1n) is 36.9. The van der Waals surface area contributed by atoms with E-state index in [0.29, 0.717) is 96.3 Å². The standard InChI is InChI=1S/C18H20BrClFIN4O2.C18H20BrF2IN4O2.C10H20N2O2.C8HBrCl2FIN2.C8H3BrFIN2O2.C7H4BrFINO2.C7H5BrFNO2.CH4N2O.FH.K/c1-9-8-25(17(27)28-18(2,3)4)5-6-26(9)15-10-7-11(22)12(19)13(21)14(10)23-16(20)24-15;1-9-8-25(17(27)28-18(2,3)4)5-6-26(9)15-10-7-11(22)12(19)13(20)14(10)23-16(21)24-15;1-8-7-12(6-5-11-8)9(13)14-10(2,3)4;9-4-3(13)1-2-6(5(4)12)14-8(11)15-7(2)10;9-4-3(11)1-2-6(5(4)10)12-8(15)13-7(2)14;8-4-3(10)1-2(7(12)13)6(11)5(4)9;8-4-2-1-3(7(11)12)6(10)5(4)9;2-1(3)4;;/h2*7,9H,5-6,8H2,1-4H3;8,11H,5-7H2,1-4H3;1H;1H,(H2,12,13,14,15);1H,11H2,(H,12,13);1-2H,10H2,(H,11,12);(H4,2,3,4);1H;/q;;;;;;;;;+1/p-1/t2*9-;8-;;;;;;;/m000......./s1. The van der Waals surface area contributed by atoms with E-state index in [1.807, 2.05) is 187 Å². The van der Waals surface area contributed by atoms with Gasteiger partial charge in [-0.15, -0.1) is 0 Å². The third kappa shape index (κ3) is 33.6. The predicted molar refractivity (Wildman–Crippen MR) is 542 cm³/mol. The molecule has 5 amide bonds. The number of fused-ring (bicyclic) bond motifs is 4. The second kappa shape index (κ2) is 51.7. The summed E-state index contributed by atoms with van der Waals surface area (Å²) in [5.74, 6) is -5.26. The van der Waals surface area contributed by atoms with Gasteiger partial charge in [0.25, 0.3) is 5.56 Å². The first-order chi connectivity index (χ1) is 59.6. The molecule has 131 heavy (non-hydrogen) atoms. The van der Waals surface area contributed by atoms with E-state index in [4.69, 9.17) is 75.5 Å². The van der Waals surface area contributed by atoms with E-state index in [1.165, 1.54) is 24.3 Å². The van der Waals surface area contributed by atoms with Crippen LogP contribution in [-0.2, 0) is 14.2 Å². The Morgan fingerprint density at radius 2 is 0.840 bits per heavy atom. The number of halogens is 22. The molecule has 7 heterocycles. The molecule has 6 aromatic carbocycles. The van der Waals surface area contributed by atoms with Crippen molar-refractivity contribution in [2.75, 3.05) is 80.2 Å². The molecule has 13 rings (SSSR count). The van der Waals surface area contributed by atoms with Crippen LogP contribution < -0.4 is 105 Å². The number of primary amides is 2. The predicted octanol–water partition coefficient (Wildman–Crippen LogP) is 14.7. The molecule has 3 atom stereocenters. The van der Waals surface area contributed by atoms with Crippen LogP contribution >= 0.6 is 243 Å². The number of ether oxygens (including phenoxy) is 3. The molecule has 3 fully saturated rings. The van der Waals surface area contributed by atoms with Gasteiger partial charge in [-0.2, -0.15) is 19.3 Å².